The third-order valence-corrected chi connectivity index (χ3v) is 4.49. The Morgan fingerprint density at radius 3 is 2.80 bits per heavy atom. The van der Waals surface area contributed by atoms with Gasteiger partial charge in [0.05, 0.1) is 6.10 Å². The minimum atomic E-state index is -0.346. The lowest BCUT2D eigenvalue weighted by atomic mass is 9.87. The van der Waals surface area contributed by atoms with E-state index in [1.165, 1.54) is 0 Å². The summed E-state index contributed by atoms with van der Waals surface area (Å²) in [7, 11) is 0. The molecule has 2 N–H and O–H groups in total. The molecule has 3 rings (SSSR count). The molecule has 0 aromatic heterocycles. The monoisotopic (exact) mass is 275 g/mol. The predicted octanol–water partition coefficient (Wildman–Crippen LogP) is 2.46. The van der Waals surface area contributed by atoms with Gasteiger partial charge in [0.2, 0.25) is 0 Å². The van der Waals surface area contributed by atoms with E-state index in [2.05, 4.69) is 5.32 Å². The lowest BCUT2D eigenvalue weighted by Crippen LogP contribution is -2.38. The summed E-state index contributed by atoms with van der Waals surface area (Å²) in [6, 6.07) is 9.84. The van der Waals surface area contributed by atoms with Crippen molar-refractivity contribution in [3.63, 3.8) is 0 Å². The molecule has 0 radical (unpaired) electrons. The van der Waals surface area contributed by atoms with Crippen molar-refractivity contribution in [1.29, 1.82) is 0 Å². The van der Waals surface area contributed by atoms with Crippen molar-refractivity contribution in [2.45, 2.75) is 44.4 Å². The lowest BCUT2D eigenvalue weighted by Gasteiger charge is -2.25. The molecule has 108 valence electrons. The second-order valence-corrected chi connectivity index (χ2v) is 6.04. The first-order valence-electron chi connectivity index (χ1n) is 7.36. The zero-order valence-electron chi connectivity index (χ0n) is 11.5. The summed E-state index contributed by atoms with van der Waals surface area (Å²) in [4.78, 5) is 11.8. The van der Waals surface area contributed by atoms with E-state index in [4.69, 9.17) is 4.74 Å². The van der Waals surface area contributed by atoms with Crippen LogP contribution in [0.2, 0.25) is 0 Å². The molecule has 0 aliphatic heterocycles. The fraction of sp³-hybridized carbons (Fsp3) is 0.562. The Bertz CT molecular complexity index is 462. The van der Waals surface area contributed by atoms with Crippen LogP contribution in [0.3, 0.4) is 0 Å². The van der Waals surface area contributed by atoms with Crippen LogP contribution in [0.5, 0.6) is 0 Å². The molecule has 1 aromatic rings. The van der Waals surface area contributed by atoms with Gasteiger partial charge in [0.25, 0.3) is 0 Å². The molecule has 2 fully saturated rings. The quantitative estimate of drug-likeness (QED) is 0.891. The first kappa shape index (κ1) is 13.4. The van der Waals surface area contributed by atoms with Crippen LogP contribution in [-0.4, -0.2) is 23.3 Å². The van der Waals surface area contributed by atoms with E-state index in [0.717, 1.165) is 31.2 Å². The fourth-order valence-electron chi connectivity index (χ4n) is 3.62. The Labute approximate surface area is 119 Å². The molecule has 4 unspecified atom stereocenters. The molecule has 0 saturated heterocycles. The summed E-state index contributed by atoms with van der Waals surface area (Å²) >= 11 is 0. The Morgan fingerprint density at radius 2 is 2.00 bits per heavy atom. The van der Waals surface area contributed by atoms with Gasteiger partial charge in [0, 0.05) is 6.04 Å². The number of fused-ring (bicyclic) bond motifs is 2. The summed E-state index contributed by atoms with van der Waals surface area (Å²) in [6.45, 7) is 0.302. The number of aliphatic hydroxyl groups is 1. The van der Waals surface area contributed by atoms with Gasteiger partial charge in [-0.3, -0.25) is 0 Å². The number of nitrogens with one attached hydrogen (secondary N) is 1. The fourth-order valence-corrected chi connectivity index (χ4v) is 3.62. The Kier molecular flexibility index (Phi) is 3.92. The first-order chi connectivity index (χ1) is 9.70. The molecule has 4 heteroatoms. The normalized spacial score (nSPS) is 31.9. The van der Waals surface area contributed by atoms with Gasteiger partial charge >= 0.3 is 6.09 Å². The number of hydrogen-bond donors (Lipinski definition) is 2. The maximum Gasteiger partial charge on any atom is 0.407 e. The number of benzene rings is 1. The van der Waals surface area contributed by atoms with Gasteiger partial charge in [-0.05, 0) is 43.1 Å². The maximum absolute atomic E-state index is 11.8. The third kappa shape index (κ3) is 3.12. The van der Waals surface area contributed by atoms with E-state index >= 15 is 0 Å². The average molecular weight is 275 g/mol. The summed E-state index contributed by atoms with van der Waals surface area (Å²) in [6.07, 6.45) is 3.25. The molecule has 20 heavy (non-hydrogen) atoms. The van der Waals surface area contributed by atoms with E-state index in [9.17, 15) is 9.90 Å². The predicted molar refractivity (Wildman–Crippen MR) is 75.0 cm³/mol. The molecular weight excluding hydrogens is 254 g/mol. The highest BCUT2D eigenvalue weighted by atomic mass is 16.5. The number of carbonyl (C=O) groups is 1. The van der Waals surface area contributed by atoms with Crippen LogP contribution in [0.25, 0.3) is 0 Å². The molecule has 2 aliphatic rings. The molecule has 4 nitrogen and oxygen atoms in total. The van der Waals surface area contributed by atoms with Crippen LogP contribution in [0.15, 0.2) is 30.3 Å². The van der Waals surface area contributed by atoms with Crippen LogP contribution < -0.4 is 5.32 Å². The molecule has 1 amide bonds. The van der Waals surface area contributed by atoms with Gasteiger partial charge in [-0.2, -0.15) is 0 Å². The molecule has 0 spiro atoms. The molecular formula is C16H21NO3. The van der Waals surface area contributed by atoms with Crippen LogP contribution in [0.4, 0.5) is 4.79 Å². The van der Waals surface area contributed by atoms with Crippen molar-refractivity contribution >= 4 is 6.09 Å². The second-order valence-electron chi connectivity index (χ2n) is 6.04. The Hall–Kier alpha value is -1.55. The highest BCUT2D eigenvalue weighted by Gasteiger charge is 2.41. The number of carbonyl (C=O) groups excluding carboxylic acids is 1. The standard InChI is InChI=1S/C16H21NO3/c18-14-7-12-6-13(9-14)15(8-12)17-16(19)20-10-11-4-2-1-3-5-11/h1-5,12-15,18H,6-10H2,(H,17,19). The van der Waals surface area contributed by atoms with Gasteiger partial charge in [0.15, 0.2) is 0 Å². The number of alkyl carbamates (subject to hydrolysis) is 1. The second kappa shape index (κ2) is 5.83. The largest absolute Gasteiger partial charge is 0.445 e. The van der Waals surface area contributed by atoms with Gasteiger partial charge in [-0.1, -0.05) is 30.3 Å². The Morgan fingerprint density at radius 1 is 1.20 bits per heavy atom. The van der Waals surface area contributed by atoms with Gasteiger partial charge in [0.1, 0.15) is 6.61 Å². The van der Waals surface area contributed by atoms with Gasteiger partial charge in [-0.25, -0.2) is 4.79 Å². The molecule has 4 atom stereocenters. The summed E-state index contributed by atoms with van der Waals surface area (Å²) in [5.41, 5.74) is 0.989. The van der Waals surface area contributed by atoms with E-state index < -0.39 is 0 Å². The molecule has 2 bridgehead atoms. The van der Waals surface area contributed by atoms with Crippen molar-refractivity contribution in [1.82, 2.24) is 5.32 Å². The zero-order chi connectivity index (χ0) is 13.9. The number of amides is 1. The van der Waals surface area contributed by atoms with Crippen LogP contribution in [-0.2, 0) is 11.3 Å². The van der Waals surface area contributed by atoms with Crippen molar-refractivity contribution in [3.05, 3.63) is 35.9 Å². The lowest BCUT2D eigenvalue weighted by molar-refractivity contribution is 0.0915. The summed E-state index contributed by atoms with van der Waals surface area (Å²) in [5.74, 6) is 0.969. The van der Waals surface area contributed by atoms with Crippen LogP contribution >= 0.6 is 0 Å². The Balaban J connectivity index is 1.47. The molecule has 1 aromatic carbocycles. The van der Waals surface area contributed by atoms with Crippen molar-refractivity contribution in [3.8, 4) is 0 Å². The van der Waals surface area contributed by atoms with Crippen molar-refractivity contribution < 1.29 is 14.6 Å². The number of hydrogen-bond acceptors (Lipinski definition) is 3. The third-order valence-electron chi connectivity index (χ3n) is 4.49. The van der Waals surface area contributed by atoms with Crippen LogP contribution in [0.1, 0.15) is 31.2 Å². The molecule has 2 aliphatic carbocycles. The van der Waals surface area contributed by atoms with E-state index in [-0.39, 0.29) is 18.2 Å². The molecule has 0 heterocycles. The van der Waals surface area contributed by atoms with E-state index in [1.807, 2.05) is 30.3 Å². The van der Waals surface area contributed by atoms with E-state index in [1.54, 1.807) is 0 Å². The molecule has 2 saturated carbocycles. The first-order valence-corrected chi connectivity index (χ1v) is 7.36. The zero-order valence-corrected chi connectivity index (χ0v) is 11.5. The van der Waals surface area contributed by atoms with Gasteiger partial charge in [-0.15, -0.1) is 0 Å². The summed E-state index contributed by atoms with van der Waals surface area (Å²) in [5, 5.41) is 12.7. The minimum absolute atomic E-state index is 0.167. The van der Waals surface area contributed by atoms with Crippen molar-refractivity contribution in [2.75, 3.05) is 0 Å². The smallest absolute Gasteiger partial charge is 0.407 e. The van der Waals surface area contributed by atoms with E-state index in [0.29, 0.717) is 18.4 Å². The topological polar surface area (TPSA) is 58.6 Å². The van der Waals surface area contributed by atoms with Crippen molar-refractivity contribution in [2.24, 2.45) is 11.8 Å². The SMILES string of the molecule is O=C(NC1CC2CC(O)CC1C2)OCc1ccccc1. The number of rotatable bonds is 3. The number of ether oxygens (including phenoxy) is 1. The highest BCUT2D eigenvalue weighted by Crippen LogP contribution is 2.42. The number of aliphatic hydroxyl groups excluding tert-OH is 1. The van der Waals surface area contributed by atoms with Crippen LogP contribution in [0, 0.1) is 11.8 Å². The highest BCUT2D eigenvalue weighted by molar-refractivity contribution is 5.67. The minimum Gasteiger partial charge on any atom is -0.445 e. The average Bonchev–Trinajstić information content (AvgIpc) is 2.72. The van der Waals surface area contributed by atoms with Gasteiger partial charge < -0.3 is 15.2 Å². The summed E-state index contributed by atoms with van der Waals surface area (Å²) < 4.78 is 5.25. The maximum atomic E-state index is 11.8.